The summed E-state index contributed by atoms with van der Waals surface area (Å²) in [7, 11) is 0. The van der Waals surface area contributed by atoms with Crippen molar-refractivity contribution < 1.29 is 14.0 Å². The monoisotopic (exact) mass is 298 g/mol. The van der Waals surface area contributed by atoms with Crippen molar-refractivity contribution in [2.24, 2.45) is 16.5 Å². The van der Waals surface area contributed by atoms with Crippen LogP contribution in [0.25, 0.3) is 0 Å². The van der Waals surface area contributed by atoms with Crippen molar-refractivity contribution in [3.8, 4) is 0 Å². The number of nitrogens with two attached hydrogens (primary N) is 2. The number of urea groups is 1. The van der Waals surface area contributed by atoms with Crippen LogP contribution < -0.4 is 22.1 Å². The summed E-state index contributed by atoms with van der Waals surface area (Å²) in [6, 6.07) is 2.72. The number of nitrogens with one attached hydrogen (secondary N) is 3. The third-order valence-electron chi connectivity index (χ3n) is 1.83. The number of hydrogen-bond acceptors (Lipinski definition) is 5. The number of guanidine groups is 1. The molecule has 0 atom stereocenters. The van der Waals surface area contributed by atoms with E-state index in [9.17, 15) is 9.59 Å². The Morgan fingerprint density at radius 3 is 2.80 bits per heavy atom. The molecule has 0 aliphatic carbocycles. The zero-order chi connectivity index (χ0) is 15.0. The topological polar surface area (TPSA) is 160 Å². The lowest BCUT2D eigenvalue weighted by Gasteiger charge is -2.04. The molecular formula is C10H14N6O3S. The summed E-state index contributed by atoms with van der Waals surface area (Å²) in [5.41, 5.74) is 10.1. The minimum atomic E-state index is -0.652. The minimum absolute atomic E-state index is 0.149. The fourth-order valence-corrected chi connectivity index (χ4v) is 1.58. The molecule has 7 N–H and O–H groups in total. The fraction of sp³-hybridized carbons (Fsp3) is 0.200. The van der Waals surface area contributed by atoms with Crippen LogP contribution >= 0.6 is 11.8 Å². The Morgan fingerprint density at radius 2 is 2.20 bits per heavy atom. The van der Waals surface area contributed by atoms with E-state index in [4.69, 9.17) is 21.3 Å². The summed E-state index contributed by atoms with van der Waals surface area (Å²) >= 11 is 0.796. The van der Waals surface area contributed by atoms with Gasteiger partial charge in [-0.1, -0.05) is 11.8 Å². The Hall–Kier alpha value is -2.49. The van der Waals surface area contributed by atoms with Gasteiger partial charge in [0.15, 0.2) is 11.1 Å². The highest BCUT2D eigenvalue weighted by molar-refractivity contribution is 8.14. The average Bonchev–Trinajstić information content (AvgIpc) is 2.86. The minimum Gasteiger partial charge on any atom is -0.467 e. The van der Waals surface area contributed by atoms with Gasteiger partial charge in [0.1, 0.15) is 5.76 Å². The first-order valence-corrected chi connectivity index (χ1v) is 6.37. The van der Waals surface area contributed by atoms with E-state index in [1.54, 1.807) is 12.1 Å². The molecule has 0 bridgehead atoms. The molecule has 0 saturated heterocycles. The van der Waals surface area contributed by atoms with Crippen molar-refractivity contribution in [1.82, 2.24) is 10.6 Å². The second kappa shape index (κ2) is 7.84. The molecule has 0 radical (unpaired) electrons. The van der Waals surface area contributed by atoms with Crippen molar-refractivity contribution in [1.29, 1.82) is 5.41 Å². The molecule has 0 aliphatic rings. The van der Waals surface area contributed by atoms with Crippen LogP contribution in [-0.2, 0) is 11.3 Å². The van der Waals surface area contributed by atoms with Crippen LogP contribution in [0.15, 0.2) is 27.8 Å². The van der Waals surface area contributed by atoms with Gasteiger partial charge in [-0.3, -0.25) is 15.5 Å². The Bertz CT molecular complexity index is 509. The molecule has 3 amide bonds. The molecule has 0 spiro atoms. The SMILES string of the molecule is N=C(N=C(N)N)SCC(=O)NC(=O)NCc1ccco1. The Labute approximate surface area is 118 Å². The first-order valence-electron chi connectivity index (χ1n) is 5.38. The van der Waals surface area contributed by atoms with Crippen LogP contribution in [0.5, 0.6) is 0 Å². The number of furan rings is 1. The molecule has 9 nitrogen and oxygen atoms in total. The number of nitrogens with zero attached hydrogens (tertiary/aromatic N) is 1. The summed E-state index contributed by atoms with van der Waals surface area (Å²) in [6.45, 7) is 0.170. The van der Waals surface area contributed by atoms with E-state index in [1.165, 1.54) is 6.26 Å². The number of amidine groups is 1. The third kappa shape index (κ3) is 6.44. The largest absolute Gasteiger partial charge is 0.467 e. The summed E-state index contributed by atoms with van der Waals surface area (Å²) in [5, 5.41) is 11.6. The highest BCUT2D eigenvalue weighted by atomic mass is 32.2. The maximum Gasteiger partial charge on any atom is 0.321 e. The Kier molecular flexibility index (Phi) is 6.10. The lowest BCUT2D eigenvalue weighted by Crippen LogP contribution is -2.40. The molecule has 1 heterocycles. The van der Waals surface area contributed by atoms with Gasteiger partial charge in [-0.2, -0.15) is 4.99 Å². The van der Waals surface area contributed by atoms with Crippen molar-refractivity contribution in [2.75, 3.05) is 5.75 Å². The number of aliphatic imine (C=N–C) groups is 1. The molecule has 0 fully saturated rings. The first-order chi connectivity index (χ1) is 9.47. The van der Waals surface area contributed by atoms with E-state index in [0.29, 0.717) is 5.76 Å². The zero-order valence-corrected chi connectivity index (χ0v) is 11.2. The van der Waals surface area contributed by atoms with Crippen molar-refractivity contribution in [3.05, 3.63) is 24.2 Å². The van der Waals surface area contributed by atoms with Gasteiger partial charge < -0.3 is 21.2 Å². The van der Waals surface area contributed by atoms with Crippen LogP contribution in [-0.4, -0.2) is 28.8 Å². The normalized spacial score (nSPS) is 9.60. The molecular weight excluding hydrogens is 284 g/mol. The smallest absolute Gasteiger partial charge is 0.321 e. The molecule has 1 rings (SSSR count). The van der Waals surface area contributed by atoms with E-state index in [1.807, 2.05) is 0 Å². The van der Waals surface area contributed by atoms with E-state index < -0.39 is 11.9 Å². The van der Waals surface area contributed by atoms with E-state index in [-0.39, 0.29) is 23.4 Å². The summed E-state index contributed by atoms with van der Waals surface area (Å²) in [6.07, 6.45) is 1.48. The lowest BCUT2D eigenvalue weighted by atomic mass is 10.4. The van der Waals surface area contributed by atoms with Gasteiger partial charge in [-0.05, 0) is 12.1 Å². The maximum absolute atomic E-state index is 11.4. The lowest BCUT2D eigenvalue weighted by molar-refractivity contribution is -0.117. The summed E-state index contributed by atoms with van der Waals surface area (Å²) in [4.78, 5) is 26.2. The average molecular weight is 298 g/mol. The third-order valence-corrected chi connectivity index (χ3v) is 2.60. The number of carbonyl (C=O) groups excluding carboxylic acids is 2. The van der Waals surface area contributed by atoms with Crippen molar-refractivity contribution in [2.45, 2.75) is 6.54 Å². The maximum atomic E-state index is 11.4. The number of thioether (sulfide) groups is 1. The van der Waals surface area contributed by atoms with Gasteiger partial charge in [0.25, 0.3) is 0 Å². The highest BCUT2D eigenvalue weighted by Gasteiger charge is 2.09. The van der Waals surface area contributed by atoms with Gasteiger partial charge >= 0.3 is 6.03 Å². The summed E-state index contributed by atoms with van der Waals surface area (Å²) < 4.78 is 5.01. The predicted molar refractivity (Wildman–Crippen MR) is 75.1 cm³/mol. The molecule has 0 unspecified atom stereocenters. The molecule has 0 saturated carbocycles. The number of imide groups is 1. The second-order valence-electron chi connectivity index (χ2n) is 3.44. The number of rotatable bonds is 4. The van der Waals surface area contributed by atoms with E-state index in [0.717, 1.165) is 11.8 Å². The van der Waals surface area contributed by atoms with Crippen LogP contribution in [0.3, 0.4) is 0 Å². The Balaban J connectivity index is 2.23. The second-order valence-corrected chi connectivity index (χ2v) is 4.40. The summed E-state index contributed by atoms with van der Waals surface area (Å²) in [5.74, 6) is -0.415. The van der Waals surface area contributed by atoms with Crippen LogP contribution in [0, 0.1) is 5.41 Å². The quantitative estimate of drug-likeness (QED) is 0.373. The molecule has 1 aromatic rings. The molecule has 10 heteroatoms. The fourth-order valence-electron chi connectivity index (χ4n) is 1.07. The van der Waals surface area contributed by atoms with Crippen LogP contribution in [0.4, 0.5) is 4.79 Å². The molecule has 108 valence electrons. The van der Waals surface area contributed by atoms with Crippen LogP contribution in [0.2, 0.25) is 0 Å². The predicted octanol–water partition coefficient (Wildman–Crippen LogP) is -0.453. The van der Waals surface area contributed by atoms with Gasteiger partial charge in [0.2, 0.25) is 5.91 Å². The molecule has 0 aromatic carbocycles. The van der Waals surface area contributed by atoms with Crippen molar-refractivity contribution >= 4 is 34.8 Å². The van der Waals surface area contributed by atoms with Gasteiger partial charge in [0, 0.05) is 0 Å². The Morgan fingerprint density at radius 1 is 1.45 bits per heavy atom. The van der Waals surface area contributed by atoms with Gasteiger partial charge in [-0.15, -0.1) is 0 Å². The standard InChI is InChI=1S/C10H14N6O3S/c11-8(12)16-9(13)20-5-7(17)15-10(18)14-4-6-2-1-3-19-6/h1-3H,4-5H2,(H5,11,12,13,16)(H2,14,15,17,18). The molecule has 20 heavy (non-hydrogen) atoms. The number of carbonyl (C=O) groups is 2. The highest BCUT2D eigenvalue weighted by Crippen LogP contribution is 2.02. The van der Waals surface area contributed by atoms with Gasteiger partial charge in [0.05, 0.1) is 18.6 Å². The number of hydrogen-bond donors (Lipinski definition) is 5. The van der Waals surface area contributed by atoms with E-state index in [2.05, 4.69) is 15.6 Å². The molecule has 1 aromatic heterocycles. The van der Waals surface area contributed by atoms with E-state index >= 15 is 0 Å². The molecule has 0 aliphatic heterocycles. The van der Waals surface area contributed by atoms with Crippen molar-refractivity contribution in [3.63, 3.8) is 0 Å². The van der Waals surface area contributed by atoms with Gasteiger partial charge in [-0.25, -0.2) is 4.79 Å². The first kappa shape index (κ1) is 15.6. The number of amides is 3. The zero-order valence-electron chi connectivity index (χ0n) is 10.4. The van der Waals surface area contributed by atoms with Crippen LogP contribution in [0.1, 0.15) is 5.76 Å².